The van der Waals surface area contributed by atoms with Gasteiger partial charge in [0, 0.05) is 24.7 Å². The zero-order valence-electron chi connectivity index (χ0n) is 10.2. The van der Waals surface area contributed by atoms with Crippen molar-refractivity contribution < 1.29 is 9.84 Å². The lowest BCUT2D eigenvalue weighted by Gasteiger charge is -2.12. The molecule has 0 heterocycles. The Labute approximate surface area is 111 Å². The van der Waals surface area contributed by atoms with E-state index in [1.165, 1.54) is 0 Å². The van der Waals surface area contributed by atoms with Crippen LogP contribution in [0.4, 0.5) is 0 Å². The van der Waals surface area contributed by atoms with Gasteiger partial charge in [0.15, 0.2) is 0 Å². The number of rotatable bonds is 8. The highest BCUT2D eigenvalue weighted by Crippen LogP contribution is 2.17. The number of nitrogens with one attached hydrogen (secondary N) is 1. The summed E-state index contributed by atoms with van der Waals surface area (Å²) >= 11 is 3.40. The van der Waals surface area contributed by atoms with Gasteiger partial charge in [0.1, 0.15) is 0 Å². The van der Waals surface area contributed by atoms with Gasteiger partial charge in [-0.05, 0) is 37.1 Å². The fourth-order valence-corrected chi connectivity index (χ4v) is 1.98. The van der Waals surface area contributed by atoms with E-state index in [4.69, 9.17) is 4.74 Å². The smallest absolute Gasteiger partial charge is 0.0914 e. The summed E-state index contributed by atoms with van der Waals surface area (Å²) in [5, 5.41) is 13.2. The molecule has 0 aromatic heterocycles. The minimum atomic E-state index is -0.449. The predicted octanol–water partition coefficient (Wildman–Crippen LogP) is 2.50. The van der Waals surface area contributed by atoms with Gasteiger partial charge in [-0.2, -0.15) is 0 Å². The first-order valence-electron chi connectivity index (χ1n) is 5.87. The van der Waals surface area contributed by atoms with E-state index >= 15 is 0 Å². The molecule has 1 atom stereocenters. The maximum atomic E-state index is 9.94. The van der Waals surface area contributed by atoms with E-state index in [1.54, 1.807) is 7.11 Å². The average Bonchev–Trinajstić information content (AvgIpc) is 2.33. The molecule has 96 valence electrons. The van der Waals surface area contributed by atoms with Gasteiger partial charge in [-0.3, -0.25) is 0 Å². The van der Waals surface area contributed by atoms with Crippen molar-refractivity contribution >= 4 is 15.9 Å². The molecule has 4 heteroatoms. The molecule has 2 N–H and O–H groups in total. The summed E-state index contributed by atoms with van der Waals surface area (Å²) in [6, 6.07) is 7.76. The SMILES string of the molecule is COCCCCNCC(O)c1cccc(Br)c1. The fraction of sp³-hybridized carbons (Fsp3) is 0.538. The van der Waals surface area contributed by atoms with Gasteiger partial charge in [-0.25, -0.2) is 0 Å². The van der Waals surface area contributed by atoms with Crippen LogP contribution in [-0.4, -0.2) is 31.9 Å². The highest BCUT2D eigenvalue weighted by Gasteiger charge is 2.06. The summed E-state index contributed by atoms with van der Waals surface area (Å²) in [6.45, 7) is 2.30. The van der Waals surface area contributed by atoms with Gasteiger partial charge >= 0.3 is 0 Å². The van der Waals surface area contributed by atoms with E-state index in [2.05, 4.69) is 21.2 Å². The zero-order valence-corrected chi connectivity index (χ0v) is 11.7. The Morgan fingerprint density at radius 3 is 2.94 bits per heavy atom. The third-order valence-corrected chi connectivity index (χ3v) is 3.02. The van der Waals surface area contributed by atoms with Crippen molar-refractivity contribution in [2.24, 2.45) is 0 Å². The highest BCUT2D eigenvalue weighted by molar-refractivity contribution is 9.10. The van der Waals surface area contributed by atoms with Crippen molar-refractivity contribution in [3.05, 3.63) is 34.3 Å². The largest absolute Gasteiger partial charge is 0.387 e. The van der Waals surface area contributed by atoms with E-state index < -0.39 is 6.10 Å². The van der Waals surface area contributed by atoms with Gasteiger partial charge in [-0.15, -0.1) is 0 Å². The van der Waals surface area contributed by atoms with Gasteiger partial charge in [0.25, 0.3) is 0 Å². The molecular weight excluding hydrogens is 282 g/mol. The van der Waals surface area contributed by atoms with E-state index in [-0.39, 0.29) is 0 Å². The van der Waals surface area contributed by atoms with Crippen LogP contribution in [-0.2, 0) is 4.74 Å². The lowest BCUT2D eigenvalue weighted by Crippen LogP contribution is -2.22. The fourth-order valence-electron chi connectivity index (χ4n) is 1.57. The molecule has 0 spiro atoms. The molecule has 0 radical (unpaired) electrons. The Morgan fingerprint density at radius 1 is 1.41 bits per heavy atom. The van der Waals surface area contributed by atoms with Crippen LogP contribution in [0, 0.1) is 0 Å². The number of benzene rings is 1. The number of hydrogen-bond acceptors (Lipinski definition) is 3. The number of methoxy groups -OCH3 is 1. The van der Waals surface area contributed by atoms with Gasteiger partial charge in [0.05, 0.1) is 6.10 Å². The Hall–Kier alpha value is -0.420. The Morgan fingerprint density at radius 2 is 2.24 bits per heavy atom. The van der Waals surface area contributed by atoms with Crippen molar-refractivity contribution in [1.82, 2.24) is 5.32 Å². The maximum Gasteiger partial charge on any atom is 0.0914 e. The number of halogens is 1. The summed E-state index contributed by atoms with van der Waals surface area (Å²) in [7, 11) is 1.71. The summed E-state index contributed by atoms with van der Waals surface area (Å²) in [6.07, 6.45) is 1.67. The number of hydrogen-bond donors (Lipinski definition) is 2. The van der Waals surface area contributed by atoms with Gasteiger partial charge in [-0.1, -0.05) is 28.1 Å². The molecule has 0 aliphatic rings. The number of unbranched alkanes of at least 4 members (excludes halogenated alkanes) is 1. The van der Waals surface area contributed by atoms with Gasteiger partial charge < -0.3 is 15.2 Å². The first kappa shape index (κ1) is 14.6. The molecule has 0 aliphatic carbocycles. The normalized spacial score (nSPS) is 12.6. The maximum absolute atomic E-state index is 9.94. The molecule has 1 aromatic carbocycles. The predicted molar refractivity (Wildman–Crippen MR) is 73.1 cm³/mol. The minimum Gasteiger partial charge on any atom is -0.387 e. The zero-order chi connectivity index (χ0) is 12.5. The molecule has 1 unspecified atom stereocenters. The van der Waals surface area contributed by atoms with E-state index in [1.807, 2.05) is 24.3 Å². The second-order valence-electron chi connectivity index (χ2n) is 3.97. The second-order valence-corrected chi connectivity index (χ2v) is 4.89. The van der Waals surface area contributed by atoms with Crippen LogP contribution >= 0.6 is 15.9 Å². The quantitative estimate of drug-likeness (QED) is 0.725. The third kappa shape index (κ3) is 6.17. The van der Waals surface area contributed by atoms with Crippen molar-refractivity contribution in [3.8, 4) is 0 Å². The molecule has 0 amide bonds. The number of aliphatic hydroxyl groups excluding tert-OH is 1. The molecule has 3 nitrogen and oxygen atoms in total. The van der Waals surface area contributed by atoms with Crippen LogP contribution < -0.4 is 5.32 Å². The molecule has 1 aromatic rings. The van der Waals surface area contributed by atoms with Gasteiger partial charge in [0.2, 0.25) is 0 Å². The van der Waals surface area contributed by atoms with Crippen LogP contribution in [0.5, 0.6) is 0 Å². The van der Waals surface area contributed by atoms with Crippen molar-refractivity contribution in [3.63, 3.8) is 0 Å². The lowest BCUT2D eigenvalue weighted by atomic mass is 10.1. The van der Waals surface area contributed by atoms with Crippen LogP contribution in [0.25, 0.3) is 0 Å². The second kappa shape index (κ2) is 8.64. The molecule has 1 rings (SSSR count). The van der Waals surface area contributed by atoms with E-state index in [9.17, 15) is 5.11 Å². The summed E-state index contributed by atoms with van der Waals surface area (Å²) in [5.41, 5.74) is 0.934. The number of ether oxygens (including phenoxy) is 1. The van der Waals surface area contributed by atoms with Crippen LogP contribution in [0.1, 0.15) is 24.5 Å². The molecule has 17 heavy (non-hydrogen) atoms. The average molecular weight is 302 g/mol. The topological polar surface area (TPSA) is 41.5 Å². The van der Waals surface area contributed by atoms with Crippen molar-refractivity contribution in [2.45, 2.75) is 18.9 Å². The monoisotopic (exact) mass is 301 g/mol. The van der Waals surface area contributed by atoms with Crippen LogP contribution in [0.15, 0.2) is 28.7 Å². The molecule has 0 aliphatic heterocycles. The Kier molecular flexibility index (Phi) is 7.44. The third-order valence-electron chi connectivity index (χ3n) is 2.52. The van der Waals surface area contributed by atoms with Crippen LogP contribution in [0.3, 0.4) is 0 Å². The standard InChI is InChI=1S/C13H20BrNO2/c1-17-8-3-2-7-15-10-13(16)11-5-4-6-12(14)9-11/h4-6,9,13,15-16H,2-3,7-8,10H2,1H3. The van der Waals surface area contributed by atoms with E-state index in [0.29, 0.717) is 6.54 Å². The summed E-state index contributed by atoms with van der Waals surface area (Å²) in [4.78, 5) is 0. The van der Waals surface area contributed by atoms with Crippen molar-refractivity contribution in [1.29, 1.82) is 0 Å². The lowest BCUT2D eigenvalue weighted by molar-refractivity contribution is 0.172. The molecule has 0 bridgehead atoms. The summed E-state index contributed by atoms with van der Waals surface area (Å²) < 4.78 is 5.96. The van der Waals surface area contributed by atoms with Crippen LogP contribution in [0.2, 0.25) is 0 Å². The molecule has 0 saturated carbocycles. The first-order valence-corrected chi connectivity index (χ1v) is 6.66. The number of aliphatic hydroxyl groups is 1. The minimum absolute atomic E-state index is 0.449. The van der Waals surface area contributed by atoms with Crippen molar-refractivity contribution in [2.75, 3.05) is 26.8 Å². The highest BCUT2D eigenvalue weighted by atomic mass is 79.9. The molecular formula is C13H20BrNO2. The Balaban J connectivity index is 2.19. The molecule has 0 fully saturated rings. The Bertz CT molecular complexity index is 320. The summed E-state index contributed by atoms with van der Waals surface area (Å²) in [5.74, 6) is 0. The first-order chi connectivity index (χ1) is 8.24. The molecule has 0 saturated heterocycles. The van der Waals surface area contributed by atoms with E-state index in [0.717, 1.165) is 36.0 Å².